The Labute approximate surface area is 156 Å². The van der Waals surface area contributed by atoms with Crippen LogP contribution in [0.1, 0.15) is 5.82 Å². The Morgan fingerprint density at radius 2 is 2.07 bits per heavy atom. The number of nitrogens with zero attached hydrogens (tertiary/aromatic N) is 6. The van der Waals surface area contributed by atoms with Gasteiger partial charge in [0.05, 0.1) is 11.3 Å². The average Bonchev–Trinajstić information content (AvgIpc) is 3.39. The smallest absolute Gasteiger partial charge is 0.334 e. The van der Waals surface area contributed by atoms with E-state index in [9.17, 15) is 9.59 Å². The first kappa shape index (κ1) is 16.8. The second kappa shape index (κ2) is 6.96. The second-order valence-electron chi connectivity index (χ2n) is 5.52. The summed E-state index contributed by atoms with van der Waals surface area (Å²) in [5.74, 6) is 0.353. The van der Waals surface area contributed by atoms with Crippen molar-refractivity contribution in [2.24, 2.45) is 0 Å². The van der Waals surface area contributed by atoms with Crippen molar-refractivity contribution >= 4 is 22.9 Å². The van der Waals surface area contributed by atoms with Crippen LogP contribution in [-0.4, -0.2) is 35.8 Å². The van der Waals surface area contributed by atoms with Gasteiger partial charge in [-0.25, -0.2) is 4.79 Å². The quantitative estimate of drug-likeness (QED) is 0.554. The van der Waals surface area contributed by atoms with Gasteiger partial charge in [0, 0.05) is 0 Å². The lowest BCUT2D eigenvalue weighted by molar-refractivity contribution is -0.117. The molecule has 3 aromatic heterocycles. The SMILES string of the molecule is Cc1noc(-c2ccccc2NC(=O)Cn2nnn(-c3cccs3)c2=O)n1. The predicted molar refractivity (Wildman–Crippen MR) is 96.6 cm³/mol. The summed E-state index contributed by atoms with van der Waals surface area (Å²) in [7, 11) is 0. The zero-order valence-electron chi connectivity index (χ0n) is 14.1. The molecule has 0 aliphatic rings. The molecule has 0 unspecified atom stereocenters. The fraction of sp³-hybridized carbons (Fsp3) is 0.125. The Morgan fingerprint density at radius 1 is 1.22 bits per heavy atom. The van der Waals surface area contributed by atoms with Gasteiger partial charge in [-0.15, -0.1) is 11.3 Å². The van der Waals surface area contributed by atoms with Gasteiger partial charge in [-0.05, 0) is 47.0 Å². The van der Waals surface area contributed by atoms with E-state index in [0.717, 1.165) is 9.36 Å². The van der Waals surface area contributed by atoms with E-state index in [-0.39, 0.29) is 6.54 Å². The number of nitrogens with one attached hydrogen (secondary N) is 1. The average molecular weight is 383 g/mol. The normalized spacial score (nSPS) is 10.9. The van der Waals surface area contributed by atoms with Crippen molar-refractivity contribution < 1.29 is 9.32 Å². The van der Waals surface area contributed by atoms with E-state index in [1.807, 2.05) is 5.38 Å². The van der Waals surface area contributed by atoms with E-state index in [1.165, 1.54) is 11.3 Å². The Morgan fingerprint density at radius 3 is 2.81 bits per heavy atom. The number of aryl methyl sites for hydroxylation is 1. The van der Waals surface area contributed by atoms with Crippen LogP contribution in [-0.2, 0) is 11.3 Å². The number of hydrogen-bond acceptors (Lipinski definition) is 8. The van der Waals surface area contributed by atoms with Crippen LogP contribution in [0.15, 0.2) is 51.1 Å². The molecule has 4 rings (SSSR count). The van der Waals surface area contributed by atoms with Crippen LogP contribution in [0.3, 0.4) is 0 Å². The summed E-state index contributed by atoms with van der Waals surface area (Å²) < 4.78 is 7.30. The Bertz CT molecular complexity index is 1140. The molecule has 1 aromatic carbocycles. The molecule has 0 atom stereocenters. The summed E-state index contributed by atoms with van der Waals surface area (Å²) in [6, 6.07) is 10.6. The first-order valence-electron chi connectivity index (χ1n) is 7.88. The minimum absolute atomic E-state index is 0.276. The molecule has 10 nitrogen and oxygen atoms in total. The highest BCUT2D eigenvalue weighted by molar-refractivity contribution is 7.12. The number of amides is 1. The number of carbonyl (C=O) groups is 1. The van der Waals surface area contributed by atoms with Gasteiger partial charge < -0.3 is 9.84 Å². The standard InChI is InChI=1S/C16H13N7O3S/c1-10-17-15(26-19-10)11-5-2-3-6-12(11)18-13(24)9-22-16(25)23(21-20-22)14-7-4-8-27-14/h2-8H,9H2,1H3,(H,18,24). The van der Waals surface area contributed by atoms with Crippen molar-refractivity contribution in [3.8, 4) is 16.5 Å². The summed E-state index contributed by atoms with van der Waals surface area (Å²) >= 11 is 1.35. The van der Waals surface area contributed by atoms with Gasteiger partial charge in [0.1, 0.15) is 11.5 Å². The highest BCUT2D eigenvalue weighted by Crippen LogP contribution is 2.26. The van der Waals surface area contributed by atoms with Crippen molar-refractivity contribution in [2.75, 3.05) is 5.32 Å². The van der Waals surface area contributed by atoms with Gasteiger partial charge in [-0.1, -0.05) is 17.3 Å². The lowest BCUT2D eigenvalue weighted by atomic mass is 10.1. The van der Waals surface area contributed by atoms with E-state index < -0.39 is 11.6 Å². The van der Waals surface area contributed by atoms with Crippen molar-refractivity contribution in [2.45, 2.75) is 13.5 Å². The van der Waals surface area contributed by atoms with E-state index in [1.54, 1.807) is 43.3 Å². The monoisotopic (exact) mass is 383 g/mol. The number of hydrogen-bond donors (Lipinski definition) is 1. The number of thiophene rings is 1. The lowest BCUT2D eigenvalue weighted by Crippen LogP contribution is -2.29. The van der Waals surface area contributed by atoms with Gasteiger partial charge >= 0.3 is 5.69 Å². The summed E-state index contributed by atoms with van der Waals surface area (Å²) in [5, 5.41) is 16.5. The molecule has 11 heteroatoms. The molecule has 0 radical (unpaired) electrons. The van der Waals surface area contributed by atoms with Gasteiger partial charge in [0.2, 0.25) is 5.91 Å². The molecule has 1 N–H and O–H groups in total. The number of benzene rings is 1. The van der Waals surface area contributed by atoms with Crippen LogP contribution in [0.2, 0.25) is 0 Å². The van der Waals surface area contributed by atoms with E-state index in [4.69, 9.17) is 4.52 Å². The van der Waals surface area contributed by atoms with Crippen LogP contribution >= 0.6 is 11.3 Å². The first-order chi connectivity index (χ1) is 13.1. The summed E-state index contributed by atoms with van der Waals surface area (Å²) in [6.07, 6.45) is 0. The van der Waals surface area contributed by atoms with Crippen LogP contribution in [0.25, 0.3) is 16.5 Å². The number of rotatable bonds is 5. The van der Waals surface area contributed by atoms with Crippen molar-refractivity contribution in [3.63, 3.8) is 0 Å². The third kappa shape index (κ3) is 3.40. The van der Waals surface area contributed by atoms with Gasteiger partial charge in [0.25, 0.3) is 5.89 Å². The van der Waals surface area contributed by atoms with Gasteiger partial charge in [-0.2, -0.15) is 14.3 Å². The Hall–Kier alpha value is -3.60. The largest absolute Gasteiger partial charge is 0.369 e. The number of carbonyl (C=O) groups excluding carboxylic acids is 1. The maximum atomic E-state index is 12.4. The third-order valence-corrected chi connectivity index (χ3v) is 4.45. The Balaban J connectivity index is 1.54. The minimum atomic E-state index is -0.492. The van der Waals surface area contributed by atoms with Crippen molar-refractivity contribution in [1.82, 2.24) is 29.9 Å². The molecule has 0 spiro atoms. The van der Waals surface area contributed by atoms with Crippen LogP contribution < -0.4 is 11.0 Å². The molecule has 0 fully saturated rings. The molecule has 0 aliphatic carbocycles. The summed E-state index contributed by atoms with van der Waals surface area (Å²) in [5.41, 5.74) is 0.583. The first-order valence-corrected chi connectivity index (χ1v) is 8.76. The molecular weight excluding hydrogens is 370 g/mol. The lowest BCUT2D eigenvalue weighted by Gasteiger charge is -2.07. The molecule has 0 saturated heterocycles. The molecule has 4 aromatic rings. The van der Waals surface area contributed by atoms with E-state index >= 15 is 0 Å². The molecule has 0 bridgehead atoms. The topological polar surface area (TPSA) is 121 Å². The summed E-state index contributed by atoms with van der Waals surface area (Å²) in [6.45, 7) is 1.43. The number of para-hydroxylation sites is 1. The van der Waals surface area contributed by atoms with Crippen LogP contribution in [0.5, 0.6) is 0 Å². The van der Waals surface area contributed by atoms with Crippen LogP contribution in [0.4, 0.5) is 5.69 Å². The number of tetrazole rings is 1. The fourth-order valence-electron chi connectivity index (χ4n) is 2.41. The molecule has 136 valence electrons. The zero-order chi connectivity index (χ0) is 18.8. The predicted octanol–water partition coefficient (Wildman–Crippen LogP) is 1.49. The Kier molecular flexibility index (Phi) is 4.34. The van der Waals surface area contributed by atoms with Gasteiger partial charge in [0.15, 0.2) is 5.82 Å². The van der Waals surface area contributed by atoms with Crippen molar-refractivity contribution in [1.29, 1.82) is 0 Å². The third-order valence-electron chi connectivity index (χ3n) is 3.61. The molecule has 1 amide bonds. The van der Waals surface area contributed by atoms with E-state index in [2.05, 4.69) is 25.9 Å². The van der Waals surface area contributed by atoms with Crippen LogP contribution in [0, 0.1) is 6.92 Å². The molecule has 0 aliphatic heterocycles. The molecule has 3 heterocycles. The van der Waals surface area contributed by atoms with Gasteiger partial charge in [-0.3, -0.25) is 4.79 Å². The maximum absolute atomic E-state index is 12.4. The minimum Gasteiger partial charge on any atom is -0.334 e. The molecule has 0 saturated carbocycles. The zero-order valence-corrected chi connectivity index (χ0v) is 14.9. The maximum Gasteiger partial charge on any atom is 0.369 e. The van der Waals surface area contributed by atoms with Crippen molar-refractivity contribution in [3.05, 3.63) is 58.1 Å². The second-order valence-corrected chi connectivity index (χ2v) is 6.45. The highest BCUT2D eigenvalue weighted by Gasteiger charge is 2.16. The molecular formula is C16H13N7O3S. The number of anilines is 1. The fourth-order valence-corrected chi connectivity index (χ4v) is 3.08. The number of aromatic nitrogens is 6. The van der Waals surface area contributed by atoms with E-state index in [0.29, 0.717) is 28.0 Å². The molecule has 27 heavy (non-hydrogen) atoms. The summed E-state index contributed by atoms with van der Waals surface area (Å²) in [4.78, 5) is 28.9. The highest BCUT2D eigenvalue weighted by atomic mass is 32.1.